The number of nitrogens with one attached hydrogen (secondary N) is 1. The van der Waals surface area contributed by atoms with Crippen molar-refractivity contribution in [2.45, 2.75) is 0 Å². The molecule has 1 heterocycles. The number of rotatable bonds is 4. The Labute approximate surface area is 169 Å². The number of anilines is 1. The highest BCUT2D eigenvalue weighted by molar-refractivity contribution is 6.40. The van der Waals surface area contributed by atoms with Gasteiger partial charge in [0.05, 0.1) is 27.2 Å². The average molecular weight is 420 g/mol. The molecular formula is C18H9Cl3N4O2. The van der Waals surface area contributed by atoms with Gasteiger partial charge in [-0.25, -0.2) is 4.98 Å². The number of carbonyl (C=O) groups excluding carboxylic acids is 1. The van der Waals surface area contributed by atoms with Crippen LogP contribution in [-0.4, -0.2) is 15.9 Å². The van der Waals surface area contributed by atoms with Crippen LogP contribution in [0.3, 0.4) is 0 Å². The van der Waals surface area contributed by atoms with Gasteiger partial charge in [-0.2, -0.15) is 10.2 Å². The van der Waals surface area contributed by atoms with Gasteiger partial charge in [0.2, 0.25) is 5.88 Å². The van der Waals surface area contributed by atoms with Gasteiger partial charge in [0.25, 0.3) is 5.91 Å². The molecule has 0 atom stereocenters. The first-order valence-electron chi connectivity index (χ1n) is 7.43. The van der Waals surface area contributed by atoms with Crippen molar-refractivity contribution in [2.75, 3.05) is 5.32 Å². The normalized spacial score (nSPS) is 10.1. The third-order valence-electron chi connectivity index (χ3n) is 3.38. The van der Waals surface area contributed by atoms with Gasteiger partial charge in [-0.1, -0.05) is 40.9 Å². The molecule has 134 valence electrons. The summed E-state index contributed by atoms with van der Waals surface area (Å²) in [6.45, 7) is 0. The van der Waals surface area contributed by atoms with Crippen molar-refractivity contribution < 1.29 is 9.53 Å². The highest BCUT2D eigenvalue weighted by Crippen LogP contribution is 2.32. The zero-order chi connectivity index (χ0) is 19.4. The molecule has 27 heavy (non-hydrogen) atoms. The lowest BCUT2D eigenvalue weighted by Gasteiger charge is -2.11. The van der Waals surface area contributed by atoms with Crippen molar-refractivity contribution in [2.24, 2.45) is 0 Å². The fourth-order valence-electron chi connectivity index (χ4n) is 2.11. The number of nitrogens with zero attached hydrogens (tertiary/aromatic N) is 3. The van der Waals surface area contributed by atoms with Crippen molar-refractivity contribution in [3.05, 3.63) is 75.0 Å². The van der Waals surface area contributed by atoms with Crippen LogP contribution in [0.15, 0.2) is 48.8 Å². The lowest BCUT2D eigenvalue weighted by molar-refractivity contribution is 0.102. The van der Waals surface area contributed by atoms with Gasteiger partial charge in [-0.05, 0) is 36.4 Å². The molecule has 1 aromatic heterocycles. The van der Waals surface area contributed by atoms with Gasteiger partial charge >= 0.3 is 0 Å². The third kappa shape index (κ3) is 4.29. The number of ether oxygens (including phenoxy) is 1. The van der Waals surface area contributed by atoms with E-state index in [1.807, 2.05) is 6.07 Å². The molecule has 0 saturated carbocycles. The van der Waals surface area contributed by atoms with Crippen LogP contribution < -0.4 is 10.1 Å². The second-order valence-corrected chi connectivity index (χ2v) is 6.32. The average Bonchev–Trinajstić information content (AvgIpc) is 2.65. The molecule has 0 spiro atoms. The number of benzene rings is 2. The number of carbonyl (C=O) groups is 1. The van der Waals surface area contributed by atoms with E-state index < -0.39 is 5.91 Å². The van der Waals surface area contributed by atoms with E-state index in [1.165, 1.54) is 6.33 Å². The van der Waals surface area contributed by atoms with Crippen LogP contribution in [-0.2, 0) is 0 Å². The summed E-state index contributed by atoms with van der Waals surface area (Å²) in [5.41, 5.74) is 0.589. The summed E-state index contributed by atoms with van der Waals surface area (Å²) in [6, 6.07) is 13.1. The Hall–Kier alpha value is -2.85. The van der Waals surface area contributed by atoms with Crippen LogP contribution in [0, 0.1) is 11.3 Å². The van der Waals surface area contributed by atoms with E-state index in [4.69, 9.17) is 44.8 Å². The van der Waals surface area contributed by atoms with E-state index in [0.717, 1.165) is 0 Å². The molecule has 1 amide bonds. The van der Waals surface area contributed by atoms with Gasteiger partial charge in [0.15, 0.2) is 5.82 Å². The quantitative estimate of drug-likeness (QED) is 0.615. The molecule has 0 unspecified atom stereocenters. The van der Waals surface area contributed by atoms with Crippen molar-refractivity contribution in [3.63, 3.8) is 0 Å². The molecule has 3 rings (SSSR count). The van der Waals surface area contributed by atoms with E-state index in [1.54, 1.807) is 42.5 Å². The van der Waals surface area contributed by atoms with E-state index in [-0.39, 0.29) is 32.3 Å². The second-order valence-electron chi connectivity index (χ2n) is 5.13. The molecule has 0 fully saturated rings. The number of hydrogen-bond acceptors (Lipinski definition) is 5. The molecule has 2 aromatic carbocycles. The first-order valence-corrected chi connectivity index (χ1v) is 8.57. The Morgan fingerprint density at radius 2 is 1.70 bits per heavy atom. The van der Waals surface area contributed by atoms with Crippen molar-refractivity contribution in [1.29, 1.82) is 5.26 Å². The second kappa shape index (κ2) is 8.23. The fourth-order valence-corrected chi connectivity index (χ4v) is 2.86. The molecule has 0 bridgehead atoms. The molecule has 9 heteroatoms. The number of amides is 1. The Bertz CT molecular complexity index is 1030. The Kier molecular flexibility index (Phi) is 5.77. The maximum Gasteiger partial charge on any atom is 0.259 e. The smallest absolute Gasteiger partial charge is 0.259 e. The first-order chi connectivity index (χ1) is 13.0. The summed E-state index contributed by atoms with van der Waals surface area (Å²) >= 11 is 18.3. The predicted molar refractivity (Wildman–Crippen MR) is 103 cm³/mol. The fraction of sp³-hybridized carbons (Fsp3) is 0. The van der Waals surface area contributed by atoms with Crippen molar-refractivity contribution in [3.8, 4) is 17.7 Å². The zero-order valence-electron chi connectivity index (χ0n) is 13.4. The topological polar surface area (TPSA) is 87.9 Å². The maximum atomic E-state index is 12.5. The standard InChI is InChI=1S/C18H9Cl3N4O2/c19-12-2-1-3-13(20)14(12)17(26)25-16-15(21)18(24-9-23-16)27-11-6-4-10(8-22)5-7-11/h1-7,9H,(H,23,24,25,26). The Balaban J connectivity index is 1.84. The summed E-state index contributed by atoms with van der Waals surface area (Å²) in [7, 11) is 0. The summed E-state index contributed by atoms with van der Waals surface area (Å²) in [6.07, 6.45) is 1.19. The molecule has 0 radical (unpaired) electrons. The number of hydrogen-bond donors (Lipinski definition) is 1. The van der Waals surface area contributed by atoms with Crippen LogP contribution in [0.2, 0.25) is 15.1 Å². The van der Waals surface area contributed by atoms with Crippen LogP contribution >= 0.6 is 34.8 Å². The molecular weight excluding hydrogens is 411 g/mol. The van der Waals surface area contributed by atoms with Crippen LogP contribution in [0.25, 0.3) is 0 Å². The van der Waals surface area contributed by atoms with Gasteiger partial charge < -0.3 is 10.1 Å². The van der Waals surface area contributed by atoms with Gasteiger partial charge in [-0.3, -0.25) is 4.79 Å². The van der Waals surface area contributed by atoms with Crippen LogP contribution in [0.1, 0.15) is 15.9 Å². The van der Waals surface area contributed by atoms with Crippen molar-refractivity contribution >= 4 is 46.5 Å². The molecule has 0 aliphatic rings. The third-order valence-corrected chi connectivity index (χ3v) is 4.35. The summed E-state index contributed by atoms with van der Waals surface area (Å²) in [5, 5.41) is 11.7. The van der Waals surface area contributed by atoms with Gasteiger partial charge in [0, 0.05) is 0 Å². The molecule has 0 aliphatic heterocycles. The van der Waals surface area contributed by atoms with Crippen LogP contribution in [0.5, 0.6) is 11.6 Å². The lowest BCUT2D eigenvalue weighted by Crippen LogP contribution is -2.15. The minimum atomic E-state index is -0.574. The van der Waals surface area contributed by atoms with E-state index in [9.17, 15) is 4.79 Å². The van der Waals surface area contributed by atoms with Gasteiger partial charge in [0.1, 0.15) is 17.1 Å². The number of aromatic nitrogens is 2. The van der Waals surface area contributed by atoms with E-state index in [0.29, 0.717) is 11.3 Å². The van der Waals surface area contributed by atoms with E-state index in [2.05, 4.69) is 15.3 Å². The Morgan fingerprint density at radius 1 is 1.04 bits per heavy atom. The number of halogens is 3. The Morgan fingerprint density at radius 3 is 2.33 bits per heavy atom. The van der Waals surface area contributed by atoms with E-state index >= 15 is 0 Å². The van der Waals surface area contributed by atoms with Crippen LogP contribution in [0.4, 0.5) is 5.82 Å². The molecule has 0 saturated heterocycles. The lowest BCUT2D eigenvalue weighted by atomic mass is 10.2. The predicted octanol–water partition coefficient (Wildman–Crippen LogP) is 5.35. The molecule has 6 nitrogen and oxygen atoms in total. The highest BCUT2D eigenvalue weighted by Gasteiger charge is 2.18. The minimum Gasteiger partial charge on any atom is -0.437 e. The maximum absolute atomic E-state index is 12.5. The summed E-state index contributed by atoms with van der Waals surface area (Å²) < 4.78 is 5.59. The van der Waals surface area contributed by atoms with Gasteiger partial charge in [-0.15, -0.1) is 0 Å². The summed E-state index contributed by atoms with van der Waals surface area (Å²) in [4.78, 5) is 20.4. The molecule has 3 aromatic rings. The largest absolute Gasteiger partial charge is 0.437 e. The SMILES string of the molecule is N#Cc1ccc(Oc2ncnc(NC(=O)c3c(Cl)cccc3Cl)c2Cl)cc1. The monoisotopic (exact) mass is 418 g/mol. The minimum absolute atomic E-state index is 0.00149. The summed E-state index contributed by atoms with van der Waals surface area (Å²) in [5.74, 6) is -0.0789. The molecule has 0 aliphatic carbocycles. The molecule has 1 N–H and O–H groups in total. The zero-order valence-corrected chi connectivity index (χ0v) is 15.7. The first kappa shape index (κ1) is 18.9. The highest BCUT2D eigenvalue weighted by atomic mass is 35.5. The van der Waals surface area contributed by atoms with Crippen molar-refractivity contribution in [1.82, 2.24) is 9.97 Å². The number of nitriles is 1.